The van der Waals surface area contributed by atoms with E-state index in [-0.39, 0.29) is 21.7 Å². The Morgan fingerprint density at radius 3 is 2.48 bits per heavy atom. The van der Waals surface area contributed by atoms with Crippen LogP contribution in [0.1, 0.15) is 35.5 Å². The van der Waals surface area contributed by atoms with Gasteiger partial charge in [0.25, 0.3) is 15.9 Å². The first kappa shape index (κ1) is 17.5. The number of benzene rings is 1. The minimum atomic E-state index is -3.80. The minimum absolute atomic E-state index is 0.00359. The third kappa shape index (κ3) is 4.33. The predicted molar refractivity (Wildman–Crippen MR) is 93.5 cm³/mol. The van der Waals surface area contributed by atoms with E-state index in [1.54, 1.807) is 17.5 Å². The number of carbonyl (C=O) groups excluding carboxylic acids is 1. The van der Waals surface area contributed by atoms with E-state index in [4.69, 9.17) is 0 Å². The van der Waals surface area contributed by atoms with Crippen LogP contribution in [0.4, 0.5) is 5.69 Å². The lowest BCUT2D eigenvalue weighted by atomic mass is 10.2. The Kier molecular flexibility index (Phi) is 5.43. The van der Waals surface area contributed by atoms with Crippen LogP contribution in [0.25, 0.3) is 0 Å². The van der Waals surface area contributed by atoms with Crippen LogP contribution in [-0.4, -0.2) is 20.4 Å². The summed E-state index contributed by atoms with van der Waals surface area (Å²) in [5, 5.41) is 4.40. The van der Waals surface area contributed by atoms with Crippen LogP contribution in [-0.2, 0) is 10.0 Å². The zero-order chi connectivity index (χ0) is 17.0. The number of rotatable bonds is 6. The Morgan fingerprint density at radius 1 is 1.22 bits per heavy atom. The Morgan fingerprint density at radius 2 is 1.87 bits per heavy atom. The van der Waals surface area contributed by atoms with Gasteiger partial charge < -0.3 is 5.32 Å². The number of hydrogen-bond donors (Lipinski definition) is 2. The summed E-state index contributed by atoms with van der Waals surface area (Å²) in [5.41, 5.74) is 1.51. The fourth-order valence-corrected chi connectivity index (χ4v) is 4.29. The quantitative estimate of drug-likeness (QED) is 0.837. The summed E-state index contributed by atoms with van der Waals surface area (Å²) in [6.45, 7) is 5.76. The molecule has 0 aliphatic rings. The molecule has 0 saturated carbocycles. The largest absolute Gasteiger partial charge is 0.349 e. The standard InChI is InChI=1S/C16H20N2O3S2/c1-4-12(3)17-16(19)15-14(9-10-22-15)23(20,21)18-13-7-5-11(2)6-8-13/h5-10,12,18H,4H2,1-3H3,(H,17,19). The molecule has 1 unspecified atom stereocenters. The van der Waals surface area contributed by atoms with Crippen molar-refractivity contribution in [1.29, 1.82) is 0 Å². The Hall–Kier alpha value is -1.86. The van der Waals surface area contributed by atoms with Gasteiger partial charge in [0.15, 0.2) is 0 Å². The van der Waals surface area contributed by atoms with E-state index in [0.29, 0.717) is 5.69 Å². The summed E-state index contributed by atoms with van der Waals surface area (Å²) >= 11 is 1.12. The van der Waals surface area contributed by atoms with Crippen LogP contribution < -0.4 is 10.0 Å². The highest BCUT2D eigenvalue weighted by molar-refractivity contribution is 7.93. The van der Waals surface area contributed by atoms with Gasteiger partial charge in [0.05, 0.1) is 0 Å². The molecule has 1 amide bonds. The number of aryl methyl sites for hydroxylation is 1. The van der Waals surface area contributed by atoms with E-state index in [9.17, 15) is 13.2 Å². The third-order valence-electron chi connectivity index (χ3n) is 3.42. The third-order valence-corrected chi connectivity index (χ3v) is 5.88. The van der Waals surface area contributed by atoms with Crippen LogP contribution in [0, 0.1) is 6.92 Å². The number of nitrogens with one attached hydrogen (secondary N) is 2. The molecule has 0 fully saturated rings. The normalized spacial score (nSPS) is 12.7. The number of amides is 1. The van der Waals surface area contributed by atoms with Gasteiger partial charge in [0, 0.05) is 11.7 Å². The number of hydrogen-bond acceptors (Lipinski definition) is 4. The smallest absolute Gasteiger partial charge is 0.263 e. The lowest BCUT2D eigenvalue weighted by molar-refractivity contribution is 0.0940. The molecule has 1 aromatic heterocycles. The molecule has 7 heteroatoms. The van der Waals surface area contributed by atoms with Crippen molar-refractivity contribution in [2.45, 2.75) is 38.1 Å². The monoisotopic (exact) mass is 352 g/mol. The zero-order valence-corrected chi connectivity index (χ0v) is 14.9. The maximum Gasteiger partial charge on any atom is 0.263 e. The average Bonchev–Trinajstić information content (AvgIpc) is 3.00. The predicted octanol–water partition coefficient (Wildman–Crippen LogP) is 3.39. The molecule has 2 rings (SSSR count). The topological polar surface area (TPSA) is 75.3 Å². The Bertz CT molecular complexity index is 780. The van der Waals surface area contributed by atoms with Gasteiger partial charge in [0.2, 0.25) is 0 Å². The van der Waals surface area contributed by atoms with Crippen molar-refractivity contribution in [2.75, 3.05) is 4.72 Å². The zero-order valence-electron chi connectivity index (χ0n) is 13.3. The summed E-state index contributed by atoms with van der Waals surface area (Å²) in [6.07, 6.45) is 0.779. The van der Waals surface area contributed by atoms with Gasteiger partial charge in [-0.15, -0.1) is 11.3 Å². The first-order chi connectivity index (χ1) is 10.8. The van der Waals surface area contributed by atoms with Crippen LogP contribution in [0.2, 0.25) is 0 Å². The second-order valence-electron chi connectivity index (χ2n) is 5.37. The molecule has 0 radical (unpaired) electrons. The second kappa shape index (κ2) is 7.14. The van der Waals surface area contributed by atoms with Gasteiger partial charge in [-0.2, -0.15) is 0 Å². The average molecular weight is 352 g/mol. The molecule has 0 saturated heterocycles. The van der Waals surface area contributed by atoms with E-state index in [1.165, 1.54) is 6.07 Å². The molecule has 1 heterocycles. The summed E-state index contributed by atoms with van der Waals surface area (Å²) in [6, 6.07) is 8.47. The molecule has 0 spiro atoms. The van der Waals surface area contributed by atoms with E-state index >= 15 is 0 Å². The van der Waals surface area contributed by atoms with Crippen molar-refractivity contribution < 1.29 is 13.2 Å². The van der Waals surface area contributed by atoms with E-state index in [1.807, 2.05) is 32.9 Å². The first-order valence-electron chi connectivity index (χ1n) is 7.31. The number of sulfonamides is 1. The van der Waals surface area contributed by atoms with E-state index in [0.717, 1.165) is 23.3 Å². The van der Waals surface area contributed by atoms with Gasteiger partial charge in [-0.05, 0) is 43.8 Å². The second-order valence-corrected chi connectivity index (χ2v) is 7.94. The van der Waals surface area contributed by atoms with Crippen LogP contribution in [0.5, 0.6) is 0 Å². The van der Waals surface area contributed by atoms with Crippen molar-refractivity contribution in [1.82, 2.24) is 5.32 Å². The van der Waals surface area contributed by atoms with Gasteiger partial charge in [-0.3, -0.25) is 9.52 Å². The summed E-state index contributed by atoms with van der Waals surface area (Å²) in [7, 11) is -3.80. The molecule has 5 nitrogen and oxygen atoms in total. The molecule has 0 aliphatic heterocycles. The van der Waals surface area contributed by atoms with E-state index < -0.39 is 10.0 Å². The van der Waals surface area contributed by atoms with Gasteiger partial charge in [-0.1, -0.05) is 24.6 Å². The van der Waals surface area contributed by atoms with Crippen molar-refractivity contribution >= 4 is 33.0 Å². The molecule has 23 heavy (non-hydrogen) atoms. The summed E-state index contributed by atoms with van der Waals surface area (Å²) in [5.74, 6) is -0.362. The fourth-order valence-electron chi connectivity index (χ4n) is 1.90. The van der Waals surface area contributed by atoms with Gasteiger partial charge in [0.1, 0.15) is 9.77 Å². The molecule has 1 aromatic carbocycles. The van der Waals surface area contributed by atoms with E-state index in [2.05, 4.69) is 10.0 Å². The molecule has 2 aromatic rings. The molecule has 1 atom stereocenters. The molecule has 124 valence electrons. The molecule has 2 N–H and O–H groups in total. The van der Waals surface area contributed by atoms with Crippen molar-refractivity contribution in [2.24, 2.45) is 0 Å². The lowest BCUT2D eigenvalue weighted by Crippen LogP contribution is -2.32. The summed E-state index contributed by atoms with van der Waals surface area (Å²) < 4.78 is 27.6. The van der Waals surface area contributed by atoms with Crippen molar-refractivity contribution in [3.05, 3.63) is 46.2 Å². The van der Waals surface area contributed by atoms with Crippen LogP contribution in [0.3, 0.4) is 0 Å². The summed E-state index contributed by atoms with van der Waals surface area (Å²) in [4.78, 5) is 12.4. The highest BCUT2D eigenvalue weighted by Crippen LogP contribution is 2.24. The van der Waals surface area contributed by atoms with Crippen LogP contribution >= 0.6 is 11.3 Å². The molecular weight excluding hydrogens is 332 g/mol. The number of anilines is 1. The van der Waals surface area contributed by atoms with Gasteiger partial charge >= 0.3 is 0 Å². The maximum atomic E-state index is 12.5. The highest BCUT2D eigenvalue weighted by atomic mass is 32.2. The number of carbonyl (C=O) groups is 1. The molecular formula is C16H20N2O3S2. The molecule has 0 aliphatic carbocycles. The van der Waals surface area contributed by atoms with Crippen LogP contribution in [0.15, 0.2) is 40.6 Å². The minimum Gasteiger partial charge on any atom is -0.349 e. The number of thiophene rings is 1. The van der Waals surface area contributed by atoms with Gasteiger partial charge in [-0.25, -0.2) is 8.42 Å². The maximum absolute atomic E-state index is 12.5. The Labute approximate surface area is 140 Å². The lowest BCUT2D eigenvalue weighted by Gasteiger charge is -2.12. The Balaban J connectivity index is 2.25. The SMILES string of the molecule is CCC(C)NC(=O)c1sccc1S(=O)(=O)Nc1ccc(C)cc1. The highest BCUT2D eigenvalue weighted by Gasteiger charge is 2.24. The fraction of sp³-hybridized carbons (Fsp3) is 0.312. The molecule has 0 bridgehead atoms. The van der Waals surface area contributed by atoms with Crippen molar-refractivity contribution in [3.8, 4) is 0 Å². The van der Waals surface area contributed by atoms with Crippen molar-refractivity contribution in [3.63, 3.8) is 0 Å². The first-order valence-corrected chi connectivity index (χ1v) is 9.67.